The van der Waals surface area contributed by atoms with Gasteiger partial charge in [0.25, 0.3) is 0 Å². The van der Waals surface area contributed by atoms with Crippen molar-refractivity contribution in [1.82, 2.24) is 5.32 Å². The fourth-order valence-corrected chi connectivity index (χ4v) is 2.32. The van der Waals surface area contributed by atoms with Gasteiger partial charge < -0.3 is 21.0 Å². The molecule has 0 aromatic carbocycles. The van der Waals surface area contributed by atoms with Crippen LogP contribution in [0, 0.1) is 5.92 Å². The molecule has 4 unspecified atom stereocenters. The lowest BCUT2D eigenvalue weighted by atomic mass is 9.95. The largest absolute Gasteiger partial charge is 0.409 e. The van der Waals surface area contributed by atoms with Crippen molar-refractivity contribution < 1.29 is 14.7 Å². The summed E-state index contributed by atoms with van der Waals surface area (Å²) in [5.74, 6) is -0.887. The third-order valence-corrected chi connectivity index (χ3v) is 3.39. The van der Waals surface area contributed by atoms with E-state index >= 15 is 0 Å². The molecule has 2 saturated heterocycles. The molecule has 2 fully saturated rings. The number of fused-ring (bicyclic) bond motifs is 2. The second-order valence-electron chi connectivity index (χ2n) is 4.47. The van der Waals surface area contributed by atoms with Crippen molar-refractivity contribution >= 4 is 11.7 Å². The minimum Gasteiger partial charge on any atom is -0.409 e. The van der Waals surface area contributed by atoms with Gasteiger partial charge in [-0.3, -0.25) is 4.79 Å². The van der Waals surface area contributed by atoms with Gasteiger partial charge >= 0.3 is 0 Å². The number of nitrogens with two attached hydrogens (primary N) is 1. The molecule has 0 aromatic heterocycles. The van der Waals surface area contributed by atoms with E-state index in [9.17, 15) is 4.79 Å². The van der Waals surface area contributed by atoms with Gasteiger partial charge in [-0.1, -0.05) is 5.16 Å². The quantitative estimate of drug-likeness (QED) is 0.269. The molecule has 6 nitrogen and oxygen atoms in total. The summed E-state index contributed by atoms with van der Waals surface area (Å²) in [6, 6.07) is 0.0835. The van der Waals surface area contributed by atoms with Gasteiger partial charge in [-0.05, 0) is 26.2 Å². The van der Waals surface area contributed by atoms with E-state index < -0.39 is 5.92 Å². The van der Waals surface area contributed by atoms with Crippen LogP contribution in [0.3, 0.4) is 0 Å². The molecule has 90 valence electrons. The van der Waals surface area contributed by atoms with E-state index in [0.717, 1.165) is 19.3 Å². The van der Waals surface area contributed by atoms with Gasteiger partial charge in [0.05, 0.1) is 24.2 Å². The molecule has 0 aromatic rings. The Morgan fingerprint density at radius 1 is 1.62 bits per heavy atom. The van der Waals surface area contributed by atoms with E-state index in [4.69, 9.17) is 15.7 Å². The van der Waals surface area contributed by atoms with Crippen LogP contribution in [0.15, 0.2) is 5.16 Å². The van der Waals surface area contributed by atoms with E-state index in [1.54, 1.807) is 6.92 Å². The van der Waals surface area contributed by atoms with E-state index in [1.807, 2.05) is 0 Å². The molecule has 0 radical (unpaired) electrons. The Morgan fingerprint density at radius 2 is 2.38 bits per heavy atom. The average Bonchev–Trinajstić information content (AvgIpc) is 2.88. The highest BCUT2D eigenvalue weighted by Crippen LogP contribution is 2.34. The number of nitrogens with one attached hydrogen (secondary N) is 1. The summed E-state index contributed by atoms with van der Waals surface area (Å²) in [7, 11) is 0. The van der Waals surface area contributed by atoms with Gasteiger partial charge in [0.2, 0.25) is 5.91 Å². The second-order valence-corrected chi connectivity index (χ2v) is 4.47. The SMILES string of the molecule is CC(C(=O)NC1CC2CCC1O2)C(N)=NO. The van der Waals surface area contributed by atoms with Crippen molar-refractivity contribution in [2.75, 3.05) is 0 Å². The fourth-order valence-electron chi connectivity index (χ4n) is 2.32. The van der Waals surface area contributed by atoms with Crippen LogP contribution in [-0.4, -0.2) is 35.2 Å². The molecule has 2 aliphatic rings. The van der Waals surface area contributed by atoms with Gasteiger partial charge in [-0.2, -0.15) is 0 Å². The molecule has 0 saturated carbocycles. The van der Waals surface area contributed by atoms with E-state index in [0.29, 0.717) is 6.10 Å². The Hall–Kier alpha value is -1.30. The number of rotatable bonds is 3. The zero-order chi connectivity index (χ0) is 11.7. The number of amides is 1. The maximum atomic E-state index is 11.7. The first kappa shape index (κ1) is 11.2. The van der Waals surface area contributed by atoms with Crippen LogP contribution in [0.5, 0.6) is 0 Å². The first-order chi connectivity index (χ1) is 7.61. The van der Waals surface area contributed by atoms with E-state index in [-0.39, 0.29) is 23.9 Å². The first-order valence-electron chi connectivity index (χ1n) is 5.55. The zero-order valence-corrected chi connectivity index (χ0v) is 9.22. The van der Waals surface area contributed by atoms with Crippen LogP contribution in [-0.2, 0) is 9.53 Å². The highest BCUT2D eigenvalue weighted by atomic mass is 16.5. The highest BCUT2D eigenvalue weighted by molar-refractivity contribution is 6.01. The van der Waals surface area contributed by atoms with Crippen molar-refractivity contribution in [2.24, 2.45) is 16.8 Å². The zero-order valence-electron chi connectivity index (χ0n) is 9.22. The number of oxime groups is 1. The van der Waals surface area contributed by atoms with Crippen LogP contribution in [0.2, 0.25) is 0 Å². The summed E-state index contributed by atoms with van der Waals surface area (Å²) < 4.78 is 5.63. The van der Waals surface area contributed by atoms with Crippen LogP contribution in [0.4, 0.5) is 0 Å². The third kappa shape index (κ3) is 1.97. The molecule has 0 spiro atoms. The maximum absolute atomic E-state index is 11.7. The van der Waals surface area contributed by atoms with Crippen LogP contribution in [0.25, 0.3) is 0 Å². The number of ether oxygens (including phenoxy) is 1. The molecule has 2 heterocycles. The summed E-state index contributed by atoms with van der Waals surface area (Å²) in [5.41, 5.74) is 5.38. The van der Waals surface area contributed by atoms with E-state index in [1.165, 1.54) is 0 Å². The predicted molar refractivity (Wildman–Crippen MR) is 57.0 cm³/mol. The monoisotopic (exact) mass is 227 g/mol. The number of hydrogen-bond donors (Lipinski definition) is 3. The number of hydrogen-bond acceptors (Lipinski definition) is 4. The van der Waals surface area contributed by atoms with Crippen molar-refractivity contribution in [3.05, 3.63) is 0 Å². The van der Waals surface area contributed by atoms with Crippen LogP contribution >= 0.6 is 0 Å². The summed E-state index contributed by atoms with van der Waals surface area (Å²) in [5, 5.41) is 14.2. The Balaban J connectivity index is 1.88. The number of carbonyl (C=O) groups excluding carboxylic acids is 1. The average molecular weight is 227 g/mol. The summed E-state index contributed by atoms with van der Waals surface area (Å²) in [4.78, 5) is 11.7. The topological polar surface area (TPSA) is 96.9 Å². The standard InChI is InChI=1S/C10H17N3O3/c1-5(9(11)13-15)10(14)12-7-4-6-2-3-8(7)16-6/h5-8,15H,2-4H2,1H3,(H2,11,13)(H,12,14). The first-order valence-corrected chi connectivity index (χ1v) is 5.55. The van der Waals surface area contributed by atoms with Crippen molar-refractivity contribution in [2.45, 2.75) is 44.4 Å². The second kappa shape index (κ2) is 4.29. The minimum atomic E-state index is -0.607. The van der Waals surface area contributed by atoms with Crippen LogP contribution in [0.1, 0.15) is 26.2 Å². The molecule has 16 heavy (non-hydrogen) atoms. The van der Waals surface area contributed by atoms with Gasteiger partial charge in [0.1, 0.15) is 0 Å². The Bertz CT molecular complexity index is 318. The van der Waals surface area contributed by atoms with E-state index in [2.05, 4.69) is 10.5 Å². The lowest BCUT2D eigenvalue weighted by Crippen LogP contribution is -2.46. The normalized spacial score (nSPS) is 35.1. The van der Waals surface area contributed by atoms with Gasteiger partial charge in [0, 0.05) is 0 Å². The maximum Gasteiger partial charge on any atom is 0.230 e. The third-order valence-electron chi connectivity index (χ3n) is 3.39. The molecular weight excluding hydrogens is 210 g/mol. The van der Waals surface area contributed by atoms with Crippen molar-refractivity contribution in [3.8, 4) is 0 Å². The Labute approximate surface area is 93.8 Å². The molecule has 6 heteroatoms. The van der Waals surface area contributed by atoms with Crippen LogP contribution < -0.4 is 11.1 Å². The molecule has 2 rings (SSSR count). The minimum absolute atomic E-state index is 0.0680. The predicted octanol–water partition coefficient (Wildman–Crippen LogP) is -0.195. The molecule has 1 amide bonds. The lowest BCUT2D eigenvalue weighted by Gasteiger charge is -2.21. The summed E-state index contributed by atoms with van der Waals surface area (Å²) >= 11 is 0. The molecular formula is C10H17N3O3. The smallest absolute Gasteiger partial charge is 0.230 e. The van der Waals surface area contributed by atoms with Gasteiger partial charge in [0.15, 0.2) is 5.84 Å². The molecule has 4 atom stereocenters. The Kier molecular flexibility index (Phi) is 3.00. The molecule has 2 bridgehead atoms. The molecule has 2 aliphatic heterocycles. The summed E-state index contributed by atoms with van der Waals surface area (Å²) in [6.07, 6.45) is 3.42. The number of nitrogens with zero attached hydrogens (tertiary/aromatic N) is 1. The molecule has 4 N–H and O–H groups in total. The van der Waals surface area contributed by atoms with Crippen molar-refractivity contribution in [1.29, 1.82) is 0 Å². The van der Waals surface area contributed by atoms with Crippen molar-refractivity contribution in [3.63, 3.8) is 0 Å². The molecule has 0 aliphatic carbocycles. The lowest BCUT2D eigenvalue weighted by molar-refractivity contribution is -0.123. The van der Waals surface area contributed by atoms with Gasteiger partial charge in [-0.25, -0.2) is 0 Å². The number of carbonyl (C=O) groups is 1. The Morgan fingerprint density at radius 3 is 2.88 bits per heavy atom. The highest BCUT2D eigenvalue weighted by Gasteiger charge is 2.41. The number of amidine groups is 1. The summed E-state index contributed by atoms with van der Waals surface area (Å²) in [6.45, 7) is 1.61. The fraction of sp³-hybridized carbons (Fsp3) is 0.800. The van der Waals surface area contributed by atoms with Gasteiger partial charge in [-0.15, -0.1) is 0 Å².